The van der Waals surface area contributed by atoms with Crippen molar-refractivity contribution in [3.63, 3.8) is 0 Å². The standard InChI is InChI=1S/C84H114O8S8/c1-15-27-33-53(21-7)45-87-70-60-39-51(13)93-75(60)71(88-46-54(22-8)34-28-16-2)61-41-65(95-76(61)70)74-64-44-69(84(86)92-50-58(26-12)38-32-20-6)99-80(64)82(100-74)67-43-63-73(90-48-56(24-10)36-30-18-4)77-62(72(78(63)97-67)89-47-55(23-9)35-29-17-3)42-66(96-77)81-79-59(52(14)94-81)40-68(98-79)83(85)91-49-57(25-11)37-31-19-5/h39-44,53-58H,15-38,45-50H2,1-14H3. The van der Waals surface area contributed by atoms with Crippen molar-refractivity contribution in [2.75, 3.05) is 39.6 Å². The molecule has 8 aromatic heterocycles. The molecular weight excluding hydrogens is 1390 g/mol. The molecular formula is C84H114O8S8. The molecule has 0 aliphatic rings. The van der Waals surface area contributed by atoms with E-state index in [9.17, 15) is 9.59 Å². The monoisotopic (exact) mass is 1510 g/mol. The average molecular weight is 1510 g/mol. The van der Waals surface area contributed by atoms with Gasteiger partial charge in [-0.15, -0.1) is 90.7 Å². The number of esters is 2. The summed E-state index contributed by atoms with van der Waals surface area (Å²) in [6, 6.07) is 13.7. The van der Waals surface area contributed by atoms with Crippen molar-refractivity contribution in [3.8, 4) is 52.3 Å². The summed E-state index contributed by atoms with van der Waals surface area (Å²) in [5.41, 5.74) is 0. The molecule has 0 fully saturated rings. The van der Waals surface area contributed by atoms with Gasteiger partial charge in [0.2, 0.25) is 0 Å². The Morgan fingerprint density at radius 3 is 0.960 bits per heavy atom. The fourth-order valence-corrected chi connectivity index (χ4v) is 23.8. The Balaban J connectivity index is 1.18. The number of benzene rings is 2. The molecule has 8 heterocycles. The van der Waals surface area contributed by atoms with E-state index in [2.05, 4.69) is 133 Å². The largest absolute Gasteiger partial charge is 0.491 e. The summed E-state index contributed by atoms with van der Waals surface area (Å²) in [4.78, 5) is 39.2. The molecule has 0 bridgehead atoms. The van der Waals surface area contributed by atoms with E-state index >= 15 is 0 Å². The number of carbonyl (C=O) groups is 2. The molecule has 10 rings (SSSR count). The highest BCUT2D eigenvalue weighted by Gasteiger charge is 2.32. The van der Waals surface area contributed by atoms with Gasteiger partial charge in [0.05, 0.1) is 82.5 Å². The Morgan fingerprint density at radius 2 is 0.610 bits per heavy atom. The van der Waals surface area contributed by atoms with E-state index in [1.807, 2.05) is 45.3 Å². The number of rotatable bonds is 45. The molecule has 6 unspecified atom stereocenters. The Kier molecular flexibility index (Phi) is 29.9. The van der Waals surface area contributed by atoms with Crippen LogP contribution in [0.25, 0.3) is 89.8 Å². The molecule has 546 valence electrons. The molecule has 0 spiro atoms. The summed E-state index contributed by atoms with van der Waals surface area (Å²) in [7, 11) is 0. The first-order chi connectivity index (χ1) is 48.7. The zero-order chi connectivity index (χ0) is 71.0. The van der Waals surface area contributed by atoms with Crippen molar-refractivity contribution in [3.05, 3.63) is 55.9 Å². The predicted molar refractivity (Wildman–Crippen MR) is 443 cm³/mol. The zero-order valence-electron chi connectivity index (χ0n) is 62.7. The fraction of sp³-hybridized carbons (Fsp3) is 0.595. The summed E-state index contributed by atoms with van der Waals surface area (Å²) in [6.45, 7) is 35.0. The Labute approximate surface area is 630 Å². The number of unbranched alkanes of at least 4 members (excludes halogenated alkanes) is 6. The molecule has 100 heavy (non-hydrogen) atoms. The van der Waals surface area contributed by atoms with Crippen molar-refractivity contribution < 1.29 is 38.0 Å². The van der Waals surface area contributed by atoms with Gasteiger partial charge in [0.1, 0.15) is 32.8 Å². The van der Waals surface area contributed by atoms with E-state index in [0.29, 0.717) is 84.9 Å². The summed E-state index contributed by atoms with van der Waals surface area (Å²) < 4.78 is 48.5. The topological polar surface area (TPSA) is 89.5 Å². The number of thiophene rings is 8. The quantitative estimate of drug-likeness (QED) is 0.0349. The second kappa shape index (κ2) is 38.1. The lowest BCUT2D eigenvalue weighted by molar-refractivity contribution is 0.0425. The van der Waals surface area contributed by atoms with Crippen molar-refractivity contribution in [2.45, 2.75) is 251 Å². The minimum Gasteiger partial charge on any atom is -0.491 e. The highest BCUT2D eigenvalue weighted by molar-refractivity contribution is 7.35. The maximum absolute atomic E-state index is 14.7. The van der Waals surface area contributed by atoms with Gasteiger partial charge in [-0.3, -0.25) is 0 Å². The second-order valence-corrected chi connectivity index (χ2v) is 37.1. The van der Waals surface area contributed by atoms with Crippen LogP contribution in [0.3, 0.4) is 0 Å². The normalized spacial score (nSPS) is 13.9. The second-order valence-electron chi connectivity index (χ2n) is 28.4. The molecule has 0 N–H and O–H groups in total. The highest BCUT2D eigenvalue weighted by atomic mass is 32.1. The molecule has 0 saturated heterocycles. The van der Waals surface area contributed by atoms with Gasteiger partial charge in [-0.1, -0.05) is 199 Å². The molecule has 0 saturated carbocycles. The number of aryl methyl sites for hydroxylation is 2. The maximum Gasteiger partial charge on any atom is 0.348 e. The molecule has 8 nitrogen and oxygen atoms in total. The SMILES string of the molecule is CCCCC(CC)COC(=O)c1cc2c(C)sc(-c3cc4c(OCC(CC)CCCC)c5sc(-c6sc(-c7cc8c(OCC(CC)CCCC)c9sc(C)cc9c(OCC(CC)CCCC)c8s7)c7cc(C(=O)OCC(CC)CCCC)sc67)cc5c(OCC(CC)CCCC)c4s3)c2s1. The zero-order valence-corrected chi connectivity index (χ0v) is 69.2. The van der Waals surface area contributed by atoms with Crippen LogP contribution in [0.15, 0.2) is 36.4 Å². The summed E-state index contributed by atoms with van der Waals surface area (Å²) >= 11 is 14.0. The van der Waals surface area contributed by atoms with Crippen LogP contribution < -0.4 is 18.9 Å². The van der Waals surface area contributed by atoms with Crippen LogP contribution in [0.2, 0.25) is 0 Å². The lowest BCUT2D eigenvalue weighted by atomic mass is 10.0. The molecule has 0 radical (unpaired) electrons. The first-order valence-electron chi connectivity index (χ1n) is 38.7. The van der Waals surface area contributed by atoms with Gasteiger partial charge in [0, 0.05) is 56.7 Å². The van der Waals surface area contributed by atoms with Crippen LogP contribution in [-0.2, 0) is 9.47 Å². The third kappa shape index (κ3) is 18.3. The fourth-order valence-electron chi connectivity index (χ4n) is 13.9. The van der Waals surface area contributed by atoms with Gasteiger partial charge < -0.3 is 28.4 Å². The number of hydrogen-bond donors (Lipinski definition) is 0. The van der Waals surface area contributed by atoms with E-state index in [4.69, 9.17) is 28.4 Å². The van der Waals surface area contributed by atoms with Gasteiger partial charge in [-0.2, -0.15) is 0 Å². The molecule has 6 atom stereocenters. The first kappa shape index (κ1) is 78.3. The number of ether oxygens (including phenoxy) is 6. The number of fused-ring (bicyclic) bond motifs is 6. The van der Waals surface area contributed by atoms with Crippen molar-refractivity contribution in [1.29, 1.82) is 0 Å². The van der Waals surface area contributed by atoms with E-state index < -0.39 is 0 Å². The van der Waals surface area contributed by atoms with E-state index in [1.54, 1.807) is 45.3 Å². The Hall–Kier alpha value is -4.26. The number of hydrogen-bond acceptors (Lipinski definition) is 16. The predicted octanol–water partition coefficient (Wildman–Crippen LogP) is 29.8. The van der Waals surface area contributed by atoms with Crippen molar-refractivity contribution >= 4 is 163 Å². The van der Waals surface area contributed by atoms with Crippen LogP contribution in [-0.4, -0.2) is 51.6 Å². The van der Waals surface area contributed by atoms with Crippen molar-refractivity contribution in [1.82, 2.24) is 0 Å². The molecule has 0 aliphatic carbocycles. The van der Waals surface area contributed by atoms with Crippen LogP contribution in [0.1, 0.15) is 266 Å². The summed E-state index contributed by atoms with van der Waals surface area (Å²) in [5, 5.41) is 6.57. The summed E-state index contributed by atoms with van der Waals surface area (Å²) in [5.74, 6) is 5.68. The smallest absolute Gasteiger partial charge is 0.348 e. The molecule has 16 heteroatoms. The van der Waals surface area contributed by atoms with Gasteiger partial charge in [-0.05, 0) is 124 Å². The van der Waals surface area contributed by atoms with Gasteiger partial charge in [0.25, 0.3) is 0 Å². The molecule has 0 aliphatic heterocycles. The lowest BCUT2D eigenvalue weighted by Gasteiger charge is -2.19. The number of carbonyl (C=O) groups excluding carboxylic acids is 2. The van der Waals surface area contributed by atoms with Gasteiger partial charge in [0.15, 0.2) is 0 Å². The third-order valence-electron chi connectivity index (χ3n) is 20.9. The van der Waals surface area contributed by atoms with Gasteiger partial charge >= 0.3 is 11.9 Å². The van der Waals surface area contributed by atoms with Crippen LogP contribution in [0.4, 0.5) is 0 Å². The van der Waals surface area contributed by atoms with Gasteiger partial charge in [-0.25, -0.2) is 9.59 Å². The minimum atomic E-state index is -0.251. The first-order valence-corrected chi connectivity index (χ1v) is 45.2. The Bertz CT molecular complexity index is 4100. The molecule has 10 aromatic rings. The minimum absolute atomic E-state index is 0.225. The Morgan fingerprint density at radius 1 is 0.310 bits per heavy atom. The van der Waals surface area contributed by atoms with E-state index in [-0.39, 0.29) is 11.9 Å². The molecule has 0 amide bonds. The van der Waals surface area contributed by atoms with Crippen LogP contribution in [0, 0.1) is 49.4 Å². The van der Waals surface area contributed by atoms with Crippen LogP contribution in [0.5, 0.6) is 23.0 Å². The molecule has 2 aromatic carbocycles. The average Bonchev–Trinajstić information content (AvgIpc) is 1.57. The van der Waals surface area contributed by atoms with E-state index in [1.165, 1.54) is 40.3 Å². The van der Waals surface area contributed by atoms with Crippen LogP contribution >= 0.6 is 90.7 Å². The highest BCUT2D eigenvalue weighted by Crippen LogP contribution is 2.59. The maximum atomic E-state index is 14.7. The van der Waals surface area contributed by atoms with E-state index in [0.717, 1.165) is 236 Å². The lowest BCUT2D eigenvalue weighted by Crippen LogP contribution is -2.13. The third-order valence-corrected chi connectivity index (χ3v) is 30.7. The summed E-state index contributed by atoms with van der Waals surface area (Å²) in [6.07, 6.45) is 26.7. The van der Waals surface area contributed by atoms with Crippen molar-refractivity contribution in [2.24, 2.45) is 35.5 Å².